The third-order valence-electron chi connectivity index (χ3n) is 3.47. The SMILES string of the molecule is COc1ccc(C2CCCC(C)N2)c(C)c1. The van der Waals surface area contributed by atoms with Gasteiger partial charge in [0, 0.05) is 12.1 Å². The minimum absolute atomic E-state index is 0.523. The molecule has 0 spiro atoms. The molecular formula is C14H21NO. The Morgan fingerprint density at radius 1 is 1.31 bits per heavy atom. The van der Waals surface area contributed by atoms with Crippen molar-refractivity contribution in [1.82, 2.24) is 5.32 Å². The first-order valence-electron chi connectivity index (χ1n) is 6.11. The number of piperidine rings is 1. The van der Waals surface area contributed by atoms with Crippen LogP contribution in [-0.4, -0.2) is 13.2 Å². The standard InChI is InChI=1S/C14H21NO/c1-10-9-12(16-3)7-8-13(10)14-6-4-5-11(2)15-14/h7-9,11,14-15H,4-6H2,1-3H3. The molecule has 2 heteroatoms. The van der Waals surface area contributed by atoms with Gasteiger partial charge in [-0.25, -0.2) is 0 Å². The maximum Gasteiger partial charge on any atom is 0.119 e. The zero-order valence-corrected chi connectivity index (χ0v) is 10.4. The van der Waals surface area contributed by atoms with Crippen LogP contribution in [0.25, 0.3) is 0 Å². The first kappa shape index (κ1) is 11.5. The van der Waals surface area contributed by atoms with Gasteiger partial charge in [-0.05, 0) is 49.9 Å². The molecule has 0 aliphatic carbocycles. The first-order valence-corrected chi connectivity index (χ1v) is 6.11. The highest BCUT2D eigenvalue weighted by atomic mass is 16.5. The number of hydrogen-bond donors (Lipinski definition) is 1. The molecular weight excluding hydrogens is 198 g/mol. The highest BCUT2D eigenvalue weighted by Gasteiger charge is 2.20. The molecule has 1 aliphatic heterocycles. The molecule has 0 radical (unpaired) electrons. The first-order chi connectivity index (χ1) is 7.70. The average molecular weight is 219 g/mol. The van der Waals surface area contributed by atoms with Gasteiger partial charge in [-0.1, -0.05) is 12.5 Å². The van der Waals surface area contributed by atoms with E-state index in [4.69, 9.17) is 4.74 Å². The normalized spacial score (nSPS) is 25.4. The van der Waals surface area contributed by atoms with Gasteiger partial charge >= 0.3 is 0 Å². The minimum atomic E-state index is 0.523. The van der Waals surface area contributed by atoms with Crippen LogP contribution in [0.5, 0.6) is 5.75 Å². The maximum absolute atomic E-state index is 5.24. The van der Waals surface area contributed by atoms with E-state index in [2.05, 4.69) is 37.4 Å². The number of methoxy groups -OCH3 is 1. The van der Waals surface area contributed by atoms with E-state index in [0.29, 0.717) is 12.1 Å². The number of aryl methyl sites for hydroxylation is 1. The lowest BCUT2D eigenvalue weighted by molar-refractivity contribution is 0.340. The van der Waals surface area contributed by atoms with Crippen molar-refractivity contribution < 1.29 is 4.74 Å². The summed E-state index contributed by atoms with van der Waals surface area (Å²) in [5, 5.41) is 3.67. The minimum Gasteiger partial charge on any atom is -0.497 e. The van der Waals surface area contributed by atoms with Gasteiger partial charge in [0.25, 0.3) is 0 Å². The molecule has 0 bridgehead atoms. The van der Waals surface area contributed by atoms with Crippen molar-refractivity contribution in [3.05, 3.63) is 29.3 Å². The highest BCUT2D eigenvalue weighted by molar-refractivity contribution is 5.36. The summed E-state index contributed by atoms with van der Waals surface area (Å²) in [6.07, 6.45) is 3.87. The lowest BCUT2D eigenvalue weighted by atomic mass is 9.91. The maximum atomic E-state index is 5.24. The van der Waals surface area contributed by atoms with Gasteiger partial charge in [0.05, 0.1) is 7.11 Å². The van der Waals surface area contributed by atoms with Gasteiger partial charge in [-0.15, -0.1) is 0 Å². The third kappa shape index (κ3) is 2.38. The molecule has 2 nitrogen and oxygen atoms in total. The van der Waals surface area contributed by atoms with Gasteiger partial charge in [0.1, 0.15) is 5.75 Å². The summed E-state index contributed by atoms with van der Waals surface area (Å²) >= 11 is 0. The summed E-state index contributed by atoms with van der Waals surface area (Å²) in [7, 11) is 1.72. The van der Waals surface area contributed by atoms with Crippen molar-refractivity contribution in [1.29, 1.82) is 0 Å². The predicted octanol–water partition coefficient (Wildman–Crippen LogP) is 3.21. The molecule has 1 aliphatic rings. The van der Waals surface area contributed by atoms with Crippen LogP contribution in [0.3, 0.4) is 0 Å². The quantitative estimate of drug-likeness (QED) is 0.824. The summed E-state index contributed by atoms with van der Waals surface area (Å²) in [5.41, 5.74) is 2.75. The molecule has 2 atom stereocenters. The van der Waals surface area contributed by atoms with Crippen LogP contribution < -0.4 is 10.1 Å². The fourth-order valence-corrected chi connectivity index (χ4v) is 2.55. The Balaban J connectivity index is 2.19. The zero-order valence-electron chi connectivity index (χ0n) is 10.4. The molecule has 88 valence electrons. The van der Waals surface area contributed by atoms with E-state index in [-0.39, 0.29) is 0 Å². The lowest BCUT2D eigenvalue weighted by Crippen LogP contribution is -2.34. The largest absolute Gasteiger partial charge is 0.497 e. The van der Waals surface area contributed by atoms with Crippen molar-refractivity contribution in [3.8, 4) is 5.75 Å². The monoisotopic (exact) mass is 219 g/mol. The predicted molar refractivity (Wildman–Crippen MR) is 66.9 cm³/mol. The molecule has 1 heterocycles. The molecule has 0 aromatic heterocycles. The van der Waals surface area contributed by atoms with Crippen LogP contribution in [0, 0.1) is 6.92 Å². The highest BCUT2D eigenvalue weighted by Crippen LogP contribution is 2.29. The molecule has 1 aromatic carbocycles. The molecule has 0 saturated carbocycles. The van der Waals surface area contributed by atoms with Crippen molar-refractivity contribution in [2.24, 2.45) is 0 Å². The summed E-state index contributed by atoms with van der Waals surface area (Å²) < 4.78 is 5.24. The Hall–Kier alpha value is -1.02. The molecule has 1 N–H and O–H groups in total. The van der Waals surface area contributed by atoms with Crippen molar-refractivity contribution in [2.45, 2.75) is 45.2 Å². The molecule has 2 unspecified atom stereocenters. The average Bonchev–Trinajstić information content (AvgIpc) is 2.28. The molecule has 16 heavy (non-hydrogen) atoms. The fourth-order valence-electron chi connectivity index (χ4n) is 2.55. The Morgan fingerprint density at radius 3 is 2.75 bits per heavy atom. The van der Waals surface area contributed by atoms with Gasteiger partial charge in [0.2, 0.25) is 0 Å². The van der Waals surface area contributed by atoms with Gasteiger partial charge in [0.15, 0.2) is 0 Å². The Kier molecular flexibility index (Phi) is 3.49. The topological polar surface area (TPSA) is 21.3 Å². The summed E-state index contributed by atoms with van der Waals surface area (Å²) in [6.45, 7) is 4.43. The van der Waals surface area contributed by atoms with Crippen LogP contribution in [0.15, 0.2) is 18.2 Å². The van der Waals surface area contributed by atoms with E-state index in [9.17, 15) is 0 Å². The second kappa shape index (κ2) is 4.88. The van der Waals surface area contributed by atoms with Crippen LogP contribution >= 0.6 is 0 Å². The molecule has 1 aromatic rings. The third-order valence-corrected chi connectivity index (χ3v) is 3.47. The van der Waals surface area contributed by atoms with E-state index in [1.54, 1.807) is 7.11 Å². The summed E-state index contributed by atoms with van der Waals surface area (Å²) in [4.78, 5) is 0. The second-order valence-corrected chi connectivity index (χ2v) is 4.77. The molecule has 1 saturated heterocycles. The van der Waals surface area contributed by atoms with E-state index in [0.717, 1.165) is 5.75 Å². The van der Waals surface area contributed by atoms with Crippen LogP contribution in [0.2, 0.25) is 0 Å². The Morgan fingerprint density at radius 2 is 2.12 bits per heavy atom. The summed E-state index contributed by atoms with van der Waals surface area (Å²) in [6, 6.07) is 7.54. The van der Waals surface area contributed by atoms with Crippen LogP contribution in [-0.2, 0) is 0 Å². The molecule has 2 rings (SSSR count). The van der Waals surface area contributed by atoms with Crippen molar-refractivity contribution in [3.63, 3.8) is 0 Å². The Labute approximate surface area is 98.0 Å². The van der Waals surface area contributed by atoms with Gasteiger partial charge in [-0.2, -0.15) is 0 Å². The van der Waals surface area contributed by atoms with E-state index in [1.165, 1.54) is 30.4 Å². The van der Waals surface area contributed by atoms with E-state index in [1.807, 2.05) is 0 Å². The van der Waals surface area contributed by atoms with Gasteiger partial charge in [-0.3, -0.25) is 0 Å². The number of benzene rings is 1. The van der Waals surface area contributed by atoms with Gasteiger partial charge < -0.3 is 10.1 Å². The van der Waals surface area contributed by atoms with Crippen LogP contribution in [0.1, 0.15) is 43.4 Å². The van der Waals surface area contributed by atoms with Crippen LogP contribution in [0.4, 0.5) is 0 Å². The smallest absolute Gasteiger partial charge is 0.119 e. The number of nitrogens with one attached hydrogen (secondary N) is 1. The number of rotatable bonds is 2. The molecule has 0 amide bonds. The zero-order chi connectivity index (χ0) is 11.5. The van der Waals surface area contributed by atoms with E-state index >= 15 is 0 Å². The molecule has 1 fully saturated rings. The Bertz CT molecular complexity index is 362. The van der Waals surface area contributed by atoms with Crippen molar-refractivity contribution >= 4 is 0 Å². The van der Waals surface area contributed by atoms with Crippen molar-refractivity contribution in [2.75, 3.05) is 7.11 Å². The second-order valence-electron chi connectivity index (χ2n) is 4.77. The summed E-state index contributed by atoms with van der Waals surface area (Å²) in [5.74, 6) is 0.949. The van der Waals surface area contributed by atoms with E-state index < -0.39 is 0 Å². The number of ether oxygens (including phenoxy) is 1. The number of hydrogen-bond acceptors (Lipinski definition) is 2. The lowest BCUT2D eigenvalue weighted by Gasteiger charge is -2.30. The fraction of sp³-hybridized carbons (Fsp3) is 0.571.